The van der Waals surface area contributed by atoms with E-state index in [4.69, 9.17) is 4.42 Å². The smallest absolute Gasteiger partial charge is 0.254 e. The SMILES string of the molecule is CCN(CC)CCNC(=O)c1ccoc1. The second-order valence-corrected chi connectivity index (χ2v) is 3.29. The van der Waals surface area contributed by atoms with Crippen LogP contribution in [0.1, 0.15) is 24.2 Å². The van der Waals surface area contributed by atoms with Crippen molar-refractivity contribution in [1.82, 2.24) is 10.2 Å². The van der Waals surface area contributed by atoms with Crippen LogP contribution in [0.5, 0.6) is 0 Å². The lowest BCUT2D eigenvalue weighted by Crippen LogP contribution is -2.34. The first-order valence-corrected chi connectivity index (χ1v) is 5.30. The van der Waals surface area contributed by atoms with Crippen molar-refractivity contribution < 1.29 is 9.21 Å². The van der Waals surface area contributed by atoms with Crippen LogP contribution in [-0.2, 0) is 0 Å². The van der Waals surface area contributed by atoms with Gasteiger partial charge in [0.1, 0.15) is 6.26 Å². The van der Waals surface area contributed by atoms with Gasteiger partial charge in [-0.3, -0.25) is 4.79 Å². The fourth-order valence-electron chi connectivity index (χ4n) is 1.36. The molecule has 1 N–H and O–H groups in total. The Morgan fingerprint density at radius 1 is 1.47 bits per heavy atom. The molecule has 1 aromatic rings. The number of nitrogens with zero attached hydrogens (tertiary/aromatic N) is 1. The van der Waals surface area contributed by atoms with Crippen molar-refractivity contribution in [1.29, 1.82) is 0 Å². The van der Waals surface area contributed by atoms with E-state index in [1.54, 1.807) is 6.07 Å². The lowest BCUT2D eigenvalue weighted by molar-refractivity contribution is 0.0948. The highest BCUT2D eigenvalue weighted by Gasteiger charge is 2.06. The fourth-order valence-corrected chi connectivity index (χ4v) is 1.36. The molecule has 0 saturated carbocycles. The van der Waals surface area contributed by atoms with E-state index in [0.29, 0.717) is 12.1 Å². The Kier molecular flexibility index (Phi) is 4.90. The Morgan fingerprint density at radius 3 is 2.73 bits per heavy atom. The van der Waals surface area contributed by atoms with Gasteiger partial charge in [-0.1, -0.05) is 13.8 Å². The van der Waals surface area contributed by atoms with E-state index in [1.807, 2.05) is 0 Å². The van der Waals surface area contributed by atoms with E-state index in [-0.39, 0.29) is 5.91 Å². The van der Waals surface area contributed by atoms with Crippen molar-refractivity contribution in [3.05, 3.63) is 24.2 Å². The quantitative estimate of drug-likeness (QED) is 0.771. The highest BCUT2D eigenvalue weighted by atomic mass is 16.3. The number of rotatable bonds is 6. The van der Waals surface area contributed by atoms with E-state index < -0.39 is 0 Å². The zero-order valence-electron chi connectivity index (χ0n) is 9.32. The maximum absolute atomic E-state index is 11.5. The molecule has 15 heavy (non-hydrogen) atoms. The number of carbonyl (C=O) groups is 1. The topological polar surface area (TPSA) is 45.5 Å². The van der Waals surface area contributed by atoms with Crippen LogP contribution in [0.25, 0.3) is 0 Å². The summed E-state index contributed by atoms with van der Waals surface area (Å²) in [6.45, 7) is 7.81. The van der Waals surface area contributed by atoms with E-state index in [2.05, 4.69) is 24.1 Å². The van der Waals surface area contributed by atoms with Crippen molar-refractivity contribution in [3.8, 4) is 0 Å². The molecule has 0 atom stereocenters. The van der Waals surface area contributed by atoms with Crippen molar-refractivity contribution in [2.75, 3.05) is 26.2 Å². The zero-order valence-corrected chi connectivity index (χ0v) is 9.32. The van der Waals surface area contributed by atoms with Gasteiger partial charge in [-0.05, 0) is 19.2 Å². The molecule has 0 aliphatic carbocycles. The van der Waals surface area contributed by atoms with Gasteiger partial charge in [-0.15, -0.1) is 0 Å². The van der Waals surface area contributed by atoms with Crippen molar-refractivity contribution in [2.45, 2.75) is 13.8 Å². The van der Waals surface area contributed by atoms with Crippen molar-refractivity contribution >= 4 is 5.91 Å². The lowest BCUT2D eigenvalue weighted by Gasteiger charge is -2.17. The third-order valence-electron chi connectivity index (χ3n) is 2.39. The molecule has 0 aliphatic heterocycles. The summed E-state index contributed by atoms with van der Waals surface area (Å²) in [6.07, 6.45) is 2.95. The van der Waals surface area contributed by atoms with Crippen LogP contribution >= 0.6 is 0 Å². The molecule has 0 aliphatic rings. The van der Waals surface area contributed by atoms with E-state index in [9.17, 15) is 4.79 Å². The largest absolute Gasteiger partial charge is 0.472 e. The summed E-state index contributed by atoms with van der Waals surface area (Å²) in [4.78, 5) is 13.7. The second kappa shape index (κ2) is 6.24. The first-order valence-electron chi connectivity index (χ1n) is 5.30. The Morgan fingerprint density at radius 2 is 2.20 bits per heavy atom. The first kappa shape index (κ1) is 11.8. The zero-order chi connectivity index (χ0) is 11.1. The predicted molar refractivity (Wildman–Crippen MR) is 58.8 cm³/mol. The molecule has 0 radical (unpaired) electrons. The predicted octanol–water partition coefficient (Wildman–Crippen LogP) is 1.35. The maximum atomic E-state index is 11.5. The van der Waals surface area contributed by atoms with Crippen LogP contribution in [-0.4, -0.2) is 37.0 Å². The Labute approximate surface area is 90.3 Å². The third-order valence-corrected chi connectivity index (χ3v) is 2.39. The summed E-state index contributed by atoms with van der Waals surface area (Å²) >= 11 is 0. The molecule has 1 rings (SSSR count). The van der Waals surface area contributed by atoms with Crippen LogP contribution in [0.15, 0.2) is 23.0 Å². The summed E-state index contributed by atoms with van der Waals surface area (Å²) in [5.41, 5.74) is 0.578. The summed E-state index contributed by atoms with van der Waals surface area (Å²) in [7, 11) is 0. The number of likely N-dealkylation sites (N-methyl/N-ethyl adjacent to an activating group) is 1. The lowest BCUT2D eigenvalue weighted by atomic mass is 10.3. The van der Waals surface area contributed by atoms with Gasteiger partial charge in [0.25, 0.3) is 5.91 Å². The van der Waals surface area contributed by atoms with Gasteiger partial charge in [0.2, 0.25) is 0 Å². The molecule has 0 unspecified atom stereocenters. The number of furan rings is 1. The molecule has 1 amide bonds. The van der Waals surface area contributed by atoms with Crippen molar-refractivity contribution in [2.24, 2.45) is 0 Å². The molecule has 1 aromatic heterocycles. The number of carbonyl (C=O) groups excluding carboxylic acids is 1. The highest BCUT2D eigenvalue weighted by Crippen LogP contribution is 1.98. The van der Waals surface area contributed by atoms with Crippen LogP contribution < -0.4 is 5.32 Å². The number of hydrogen-bond acceptors (Lipinski definition) is 3. The molecule has 0 aromatic carbocycles. The van der Waals surface area contributed by atoms with Crippen LogP contribution in [0.4, 0.5) is 0 Å². The molecule has 0 bridgehead atoms. The molecular formula is C11H18N2O2. The van der Waals surface area contributed by atoms with Crippen LogP contribution in [0, 0.1) is 0 Å². The van der Waals surface area contributed by atoms with Crippen LogP contribution in [0.3, 0.4) is 0 Å². The van der Waals surface area contributed by atoms with E-state index >= 15 is 0 Å². The summed E-state index contributed by atoms with van der Waals surface area (Å²) in [6, 6.07) is 1.66. The molecule has 0 fully saturated rings. The van der Waals surface area contributed by atoms with Gasteiger partial charge >= 0.3 is 0 Å². The summed E-state index contributed by atoms with van der Waals surface area (Å²) in [5.74, 6) is -0.0732. The Balaban J connectivity index is 2.23. The number of nitrogens with one attached hydrogen (secondary N) is 1. The molecule has 4 heteroatoms. The minimum Gasteiger partial charge on any atom is -0.472 e. The average molecular weight is 210 g/mol. The molecule has 0 spiro atoms. The minimum absolute atomic E-state index is 0.0732. The van der Waals surface area contributed by atoms with Gasteiger partial charge in [0.05, 0.1) is 11.8 Å². The monoisotopic (exact) mass is 210 g/mol. The normalized spacial score (nSPS) is 10.6. The van der Waals surface area contributed by atoms with Crippen LogP contribution in [0.2, 0.25) is 0 Å². The fraction of sp³-hybridized carbons (Fsp3) is 0.545. The number of hydrogen-bond donors (Lipinski definition) is 1. The second-order valence-electron chi connectivity index (χ2n) is 3.29. The van der Waals surface area contributed by atoms with Gasteiger partial charge in [-0.25, -0.2) is 0 Å². The summed E-state index contributed by atoms with van der Waals surface area (Å²) < 4.78 is 4.83. The van der Waals surface area contributed by atoms with Gasteiger partial charge < -0.3 is 14.6 Å². The van der Waals surface area contributed by atoms with Gasteiger partial charge in [0.15, 0.2) is 0 Å². The highest BCUT2D eigenvalue weighted by molar-refractivity contribution is 5.93. The first-order chi connectivity index (χ1) is 7.27. The molecule has 4 nitrogen and oxygen atoms in total. The average Bonchev–Trinajstić information content (AvgIpc) is 2.77. The number of amides is 1. The minimum atomic E-state index is -0.0732. The van der Waals surface area contributed by atoms with E-state index in [0.717, 1.165) is 19.6 Å². The Bertz CT molecular complexity index is 279. The van der Waals surface area contributed by atoms with Gasteiger partial charge in [0, 0.05) is 13.1 Å². The van der Waals surface area contributed by atoms with E-state index in [1.165, 1.54) is 12.5 Å². The molecule has 84 valence electrons. The Hall–Kier alpha value is -1.29. The summed E-state index contributed by atoms with van der Waals surface area (Å²) in [5, 5.41) is 2.84. The molecular weight excluding hydrogens is 192 g/mol. The standard InChI is InChI=1S/C11H18N2O2/c1-3-13(4-2)7-6-12-11(14)10-5-8-15-9-10/h5,8-9H,3-4,6-7H2,1-2H3,(H,12,14). The molecule has 1 heterocycles. The maximum Gasteiger partial charge on any atom is 0.254 e. The van der Waals surface area contributed by atoms with Crippen molar-refractivity contribution in [3.63, 3.8) is 0 Å². The van der Waals surface area contributed by atoms with Gasteiger partial charge in [-0.2, -0.15) is 0 Å². The third kappa shape index (κ3) is 3.75. The molecule has 0 saturated heterocycles.